The van der Waals surface area contributed by atoms with Crippen molar-refractivity contribution in [1.29, 1.82) is 0 Å². The van der Waals surface area contributed by atoms with Gasteiger partial charge in [-0.1, -0.05) is 13.8 Å². The molecule has 0 unspecified atom stereocenters. The smallest absolute Gasteiger partial charge is 0.291 e. The second-order valence-electron chi connectivity index (χ2n) is 1.48. The van der Waals surface area contributed by atoms with Crippen LogP contribution in [0.3, 0.4) is 0 Å². The van der Waals surface area contributed by atoms with Crippen LogP contribution >= 0.6 is 0 Å². The topological polar surface area (TPSA) is 80.4 Å². The maximum atomic E-state index is 10.2. The third-order valence-corrected chi connectivity index (χ3v) is 0.789. The van der Waals surface area contributed by atoms with Gasteiger partial charge in [0.15, 0.2) is 0 Å². The van der Waals surface area contributed by atoms with E-state index in [1.165, 1.54) is 0 Å². The molecule has 0 aliphatic carbocycles. The molecule has 0 aliphatic rings. The number of nitrogens with zero attached hydrogens (tertiary/aromatic N) is 1. The van der Waals surface area contributed by atoms with Gasteiger partial charge in [0.1, 0.15) is 5.78 Å². The quantitative estimate of drug-likeness (QED) is 0.469. The Labute approximate surface area is 58.8 Å². The summed E-state index contributed by atoms with van der Waals surface area (Å²) in [6.45, 7) is 3.76. The van der Waals surface area contributed by atoms with Gasteiger partial charge >= 0.3 is 0 Å². The highest BCUT2D eigenvalue weighted by molar-refractivity contribution is 5.77. The number of ketones is 1. The molecule has 0 fully saturated rings. The molecule has 0 aliphatic heterocycles. The van der Waals surface area contributed by atoms with Crippen molar-refractivity contribution in [3.05, 3.63) is 10.1 Å². The predicted molar refractivity (Wildman–Crippen MR) is 34.4 cm³/mol. The minimum Gasteiger partial charge on any atom is -0.328 e. The summed E-state index contributed by atoms with van der Waals surface area (Å²) in [4.78, 5) is 18.5. The van der Waals surface area contributed by atoms with Gasteiger partial charge in [0.2, 0.25) is 0 Å². The summed E-state index contributed by atoms with van der Waals surface area (Å²) in [5.74, 6) is 0.343. The molecule has 0 aromatic heterocycles. The third-order valence-electron chi connectivity index (χ3n) is 0.789. The summed E-state index contributed by atoms with van der Waals surface area (Å²) in [5, 5.41) is 13.6. The van der Waals surface area contributed by atoms with Crippen LogP contribution in [0.15, 0.2) is 0 Å². The molecule has 0 bridgehead atoms. The Balaban J connectivity index is 0. The van der Waals surface area contributed by atoms with Gasteiger partial charge in [0, 0.05) is 12.8 Å². The normalized spacial score (nSPS) is 7.40. The Morgan fingerprint density at radius 3 is 1.70 bits per heavy atom. The summed E-state index contributed by atoms with van der Waals surface area (Å²) in [5.41, 5.74) is 0. The Bertz CT molecular complexity index is 102. The first-order valence-electron chi connectivity index (χ1n) is 2.89. The Morgan fingerprint density at radius 2 is 1.70 bits per heavy atom. The molecule has 0 saturated heterocycles. The van der Waals surface area contributed by atoms with Crippen LogP contribution in [0.1, 0.15) is 26.7 Å². The maximum Gasteiger partial charge on any atom is 0.291 e. The number of hydrogen-bond donors (Lipinski definition) is 1. The molecule has 1 N–H and O–H groups in total. The van der Waals surface area contributed by atoms with Gasteiger partial charge in [-0.25, -0.2) is 0 Å². The van der Waals surface area contributed by atoms with Crippen molar-refractivity contribution < 1.29 is 15.1 Å². The number of rotatable bonds is 2. The molecule has 5 nitrogen and oxygen atoms in total. The second-order valence-corrected chi connectivity index (χ2v) is 1.48. The van der Waals surface area contributed by atoms with E-state index in [0.717, 1.165) is 0 Å². The van der Waals surface area contributed by atoms with Crippen molar-refractivity contribution in [3.8, 4) is 0 Å². The first-order valence-corrected chi connectivity index (χ1v) is 2.89. The van der Waals surface area contributed by atoms with Gasteiger partial charge < -0.3 is 5.21 Å². The molecule has 0 spiro atoms. The molecule has 5 heteroatoms. The summed E-state index contributed by atoms with van der Waals surface area (Å²) in [6, 6.07) is 0. The first-order chi connectivity index (χ1) is 4.54. The van der Waals surface area contributed by atoms with Crippen LogP contribution in [0, 0.1) is 10.1 Å². The van der Waals surface area contributed by atoms with Gasteiger partial charge in [0.25, 0.3) is 5.09 Å². The molecule has 0 aromatic rings. The fourth-order valence-electron chi connectivity index (χ4n) is 0.250. The van der Waals surface area contributed by atoms with E-state index in [1.807, 2.05) is 13.8 Å². The summed E-state index contributed by atoms with van der Waals surface area (Å²) in [7, 11) is 0. The molecule has 0 aromatic carbocycles. The summed E-state index contributed by atoms with van der Waals surface area (Å²) < 4.78 is 0. The van der Waals surface area contributed by atoms with Crippen LogP contribution in [0.2, 0.25) is 0 Å². The number of carbonyl (C=O) groups excluding carboxylic acids is 1. The lowest BCUT2D eigenvalue weighted by atomic mass is 10.3. The molecule has 0 heterocycles. The molecule has 0 amide bonds. The van der Waals surface area contributed by atoms with E-state index in [0.29, 0.717) is 18.6 Å². The monoisotopic (exact) mass is 149 g/mol. The van der Waals surface area contributed by atoms with Crippen LogP contribution in [0.4, 0.5) is 0 Å². The van der Waals surface area contributed by atoms with Crippen molar-refractivity contribution in [3.63, 3.8) is 0 Å². The van der Waals surface area contributed by atoms with Crippen molar-refractivity contribution in [2.45, 2.75) is 26.7 Å². The largest absolute Gasteiger partial charge is 0.328 e. The molecular weight excluding hydrogens is 138 g/mol. The molecule has 0 atom stereocenters. The fraction of sp³-hybridized carbons (Fsp3) is 0.800. The Morgan fingerprint density at radius 1 is 1.50 bits per heavy atom. The molecular formula is C5H11NO4. The third kappa shape index (κ3) is 28.7. The average Bonchev–Trinajstić information content (AvgIpc) is 1.85. The van der Waals surface area contributed by atoms with Crippen LogP contribution < -0.4 is 0 Å². The van der Waals surface area contributed by atoms with Gasteiger partial charge in [-0.2, -0.15) is 0 Å². The van der Waals surface area contributed by atoms with Crippen molar-refractivity contribution in [1.82, 2.24) is 0 Å². The van der Waals surface area contributed by atoms with E-state index in [2.05, 4.69) is 0 Å². The zero-order valence-electron chi connectivity index (χ0n) is 6.03. The van der Waals surface area contributed by atoms with Gasteiger partial charge in [-0.15, -0.1) is 10.1 Å². The van der Waals surface area contributed by atoms with Crippen molar-refractivity contribution >= 4 is 5.78 Å². The highest BCUT2D eigenvalue weighted by Crippen LogP contribution is 1.82. The molecule has 60 valence electrons. The lowest BCUT2D eigenvalue weighted by Gasteiger charge is -1.81. The predicted octanol–water partition coefficient (Wildman–Crippen LogP) is 1.03. The average molecular weight is 149 g/mol. The lowest BCUT2D eigenvalue weighted by Crippen LogP contribution is -1.88. The van der Waals surface area contributed by atoms with Crippen LogP contribution in [-0.2, 0) is 4.79 Å². The van der Waals surface area contributed by atoms with E-state index in [4.69, 9.17) is 15.3 Å². The highest BCUT2D eigenvalue weighted by Gasteiger charge is 1.86. The highest BCUT2D eigenvalue weighted by atomic mass is 16.9. The van der Waals surface area contributed by atoms with E-state index in [9.17, 15) is 4.79 Å². The molecule has 0 radical (unpaired) electrons. The lowest BCUT2D eigenvalue weighted by molar-refractivity contribution is -0.742. The second kappa shape index (κ2) is 7.87. The van der Waals surface area contributed by atoms with E-state index in [-0.39, 0.29) is 0 Å². The molecule has 10 heavy (non-hydrogen) atoms. The zero-order valence-corrected chi connectivity index (χ0v) is 6.03. The minimum atomic E-state index is -1.50. The van der Waals surface area contributed by atoms with Crippen LogP contribution in [0.25, 0.3) is 0 Å². The fourth-order valence-corrected chi connectivity index (χ4v) is 0.250. The minimum absolute atomic E-state index is 0.343. The number of carbonyl (C=O) groups is 1. The Hall–Kier alpha value is -1.13. The van der Waals surface area contributed by atoms with Gasteiger partial charge in [-0.05, 0) is 0 Å². The number of Topliss-reactive ketones (excluding diaryl/α,β-unsaturated/α-hetero) is 1. The molecule has 0 rings (SSSR count). The summed E-state index contributed by atoms with van der Waals surface area (Å²) >= 11 is 0. The van der Waals surface area contributed by atoms with Gasteiger partial charge in [-0.3, -0.25) is 4.79 Å². The number of hydrogen-bond acceptors (Lipinski definition) is 3. The van der Waals surface area contributed by atoms with Gasteiger partial charge in [0.05, 0.1) is 0 Å². The first kappa shape index (κ1) is 11.6. The Kier molecular flexibility index (Phi) is 9.16. The molecule has 0 saturated carbocycles. The zero-order chi connectivity index (χ0) is 8.57. The van der Waals surface area contributed by atoms with Crippen molar-refractivity contribution in [2.24, 2.45) is 0 Å². The van der Waals surface area contributed by atoms with E-state index >= 15 is 0 Å². The van der Waals surface area contributed by atoms with E-state index in [1.54, 1.807) is 0 Å². The SMILES string of the molecule is CCC(=O)CC.O=[N+]([O-])O. The maximum absolute atomic E-state index is 10.2. The van der Waals surface area contributed by atoms with Crippen molar-refractivity contribution in [2.75, 3.05) is 0 Å². The standard InChI is InChI=1S/C5H10O.HNO3/c1-3-5(6)4-2;2-1(3)4/h3-4H2,1-2H3;(H,2,3,4). The van der Waals surface area contributed by atoms with Crippen LogP contribution in [0.5, 0.6) is 0 Å². The summed E-state index contributed by atoms with van der Waals surface area (Å²) in [6.07, 6.45) is 1.38. The van der Waals surface area contributed by atoms with Crippen LogP contribution in [-0.4, -0.2) is 16.1 Å². The van der Waals surface area contributed by atoms with E-state index < -0.39 is 5.09 Å².